The molecular formula is C10H8IN5O2. The summed E-state index contributed by atoms with van der Waals surface area (Å²) in [5, 5.41) is 10.4. The number of amides is 1. The SMILES string of the molecule is Nc1nonc1C(=O)N/N=C\c1ccc(I)cc1. The van der Waals surface area contributed by atoms with E-state index in [-0.39, 0.29) is 11.5 Å². The van der Waals surface area contributed by atoms with Gasteiger partial charge in [0.25, 0.3) is 5.91 Å². The number of nitrogen functional groups attached to an aromatic ring is 1. The Morgan fingerprint density at radius 1 is 1.39 bits per heavy atom. The van der Waals surface area contributed by atoms with Gasteiger partial charge in [0.2, 0.25) is 11.5 Å². The Kier molecular flexibility index (Phi) is 3.87. The van der Waals surface area contributed by atoms with Crippen molar-refractivity contribution >= 4 is 40.5 Å². The number of benzene rings is 1. The molecule has 3 N–H and O–H groups in total. The Morgan fingerprint density at radius 3 is 2.72 bits per heavy atom. The van der Waals surface area contributed by atoms with Gasteiger partial charge in [0, 0.05) is 3.57 Å². The summed E-state index contributed by atoms with van der Waals surface area (Å²) < 4.78 is 5.43. The van der Waals surface area contributed by atoms with E-state index in [2.05, 4.69) is 48.1 Å². The first-order chi connectivity index (χ1) is 8.66. The number of hydrazone groups is 1. The molecule has 1 heterocycles. The van der Waals surface area contributed by atoms with E-state index < -0.39 is 5.91 Å². The average molecular weight is 357 g/mol. The van der Waals surface area contributed by atoms with E-state index in [9.17, 15) is 4.79 Å². The lowest BCUT2D eigenvalue weighted by Crippen LogP contribution is -2.19. The highest BCUT2D eigenvalue weighted by Crippen LogP contribution is 2.05. The number of nitrogens with zero attached hydrogens (tertiary/aromatic N) is 3. The van der Waals surface area contributed by atoms with Gasteiger partial charge in [-0.3, -0.25) is 4.79 Å². The number of anilines is 1. The van der Waals surface area contributed by atoms with Crippen molar-refractivity contribution in [1.29, 1.82) is 0 Å². The second-order valence-electron chi connectivity index (χ2n) is 3.25. The number of rotatable bonds is 3. The maximum absolute atomic E-state index is 11.5. The van der Waals surface area contributed by atoms with Crippen LogP contribution >= 0.6 is 22.6 Å². The molecule has 2 aromatic rings. The molecule has 0 saturated heterocycles. The molecule has 0 spiro atoms. The molecule has 0 unspecified atom stereocenters. The molecule has 2 rings (SSSR count). The molecule has 7 nitrogen and oxygen atoms in total. The number of hydrogen-bond acceptors (Lipinski definition) is 6. The van der Waals surface area contributed by atoms with Crippen LogP contribution in [0.25, 0.3) is 0 Å². The van der Waals surface area contributed by atoms with Gasteiger partial charge >= 0.3 is 0 Å². The second-order valence-corrected chi connectivity index (χ2v) is 4.49. The third-order valence-electron chi connectivity index (χ3n) is 1.98. The Morgan fingerprint density at radius 2 is 2.11 bits per heavy atom. The number of nitrogens with one attached hydrogen (secondary N) is 1. The number of halogens is 1. The lowest BCUT2D eigenvalue weighted by atomic mass is 10.2. The van der Waals surface area contributed by atoms with Crippen LogP contribution in [0.3, 0.4) is 0 Å². The molecular weight excluding hydrogens is 349 g/mol. The van der Waals surface area contributed by atoms with Gasteiger partial charge in [-0.15, -0.1) is 0 Å². The molecule has 0 aliphatic heterocycles. The summed E-state index contributed by atoms with van der Waals surface area (Å²) in [7, 11) is 0. The molecule has 1 amide bonds. The van der Waals surface area contributed by atoms with Crippen molar-refractivity contribution in [1.82, 2.24) is 15.7 Å². The number of nitrogens with two attached hydrogens (primary N) is 1. The number of carbonyl (C=O) groups is 1. The van der Waals surface area contributed by atoms with Crippen molar-refractivity contribution in [3.63, 3.8) is 0 Å². The van der Waals surface area contributed by atoms with Crippen molar-refractivity contribution in [2.75, 3.05) is 5.73 Å². The van der Waals surface area contributed by atoms with Crippen molar-refractivity contribution in [2.24, 2.45) is 5.10 Å². The van der Waals surface area contributed by atoms with Crippen LogP contribution in [0.5, 0.6) is 0 Å². The molecule has 1 aromatic heterocycles. The number of aromatic nitrogens is 2. The van der Waals surface area contributed by atoms with Crippen molar-refractivity contribution < 1.29 is 9.42 Å². The van der Waals surface area contributed by atoms with E-state index in [4.69, 9.17) is 5.73 Å². The van der Waals surface area contributed by atoms with Crippen molar-refractivity contribution in [3.8, 4) is 0 Å². The molecule has 0 aliphatic carbocycles. The molecule has 18 heavy (non-hydrogen) atoms. The summed E-state index contributed by atoms with van der Waals surface area (Å²) in [6.45, 7) is 0. The molecule has 0 fully saturated rings. The monoisotopic (exact) mass is 357 g/mol. The van der Waals surface area contributed by atoms with Crippen LogP contribution in [0.15, 0.2) is 34.0 Å². The highest BCUT2D eigenvalue weighted by atomic mass is 127. The maximum atomic E-state index is 11.5. The molecule has 0 aliphatic rings. The zero-order valence-electron chi connectivity index (χ0n) is 9.00. The first-order valence-electron chi connectivity index (χ1n) is 4.84. The molecule has 0 saturated carbocycles. The quantitative estimate of drug-likeness (QED) is 0.485. The summed E-state index contributed by atoms with van der Waals surface area (Å²) in [6, 6.07) is 7.62. The Labute approximate surface area is 116 Å². The summed E-state index contributed by atoms with van der Waals surface area (Å²) in [6.07, 6.45) is 1.51. The summed E-state index contributed by atoms with van der Waals surface area (Å²) in [4.78, 5) is 11.5. The standard InChI is InChI=1S/C10H8IN5O2/c11-7-3-1-6(2-4-7)5-13-14-10(17)8-9(12)16-18-15-8/h1-5H,(H2,12,16)(H,14,17)/b13-5-. The first kappa shape index (κ1) is 12.5. The van der Waals surface area contributed by atoms with Gasteiger partial charge in [-0.2, -0.15) is 5.10 Å². The van der Waals surface area contributed by atoms with Crippen LogP contribution in [0.2, 0.25) is 0 Å². The topological polar surface area (TPSA) is 106 Å². The second kappa shape index (κ2) is 5.58. The largest absolute Gasteiger partial charge is 0.379 e. The Hall–Kier alpha value is -1.97. The predicted molar refractivity (Wildman–Crippen MR) is 72.9 cm³/mol. The highest BCUT2D eigenvalue weighted by molar-refractivity contribution is 14.1. The van der Waals surface area contributed by atoms with Crippen LogP contribution in [0.1, 0.15) is 16.1 Å². The Bertz CT molecular complexity index is 578. The minimum Gasteiger partial charge on any atom is -0.379 e. The van der Waals surface area contributed by atoms with Crippen LogP contribution in [-0.4, -0.2) is 22.4 Å². The third kappa shape index (κ3) is 3.03. The normalized spacial score (nSPS) is 10.7. The maximum Gasteiger partial charge on any atom is 0.297 e. The van der Waals surface area contributed by atoms with Crippen LogP contribution in [0, 0.1) is 3.57 Å². The fourth-order valence-corrected chi connectivity index (χ4v) is 1.48. The van der Waals surface area contributed by atoms with Gasteiger partial charge in [0.1, 0.15) is 0 Å². The summed E-state index contributed by atoms with van der Waals surface area (Å²) >= 11 is 2.20. The van der Waals surface area contributed by atoms with Crippen LogP contribution in [-0.2, 0) is 0 Å². The zero-order chi connectivity index (χ0) is 13.0. The van der Waals surface area contributed by atoms with Gasteiger partial charge in [0.05, 0.1) is 6.21 Å². The van der Waals surface area contributed by atoms with E-state index in [1.807, 2.05) is 24.3 Å². The third-order valence-corrected chi connectivity index (χ3v) is 2.70. The minimum atomic E-state index is -0.574. The summed E-state index contributed by atoms with van der Waals surface area (Å²) in [5.74, 6) is -0.646. The van der Waals surface area contributed by atoms with Crippen LogP contribution in [0.4, 0.5) is 5.82 Å². The molecule has 0 radical (unpaired) electrons. The smallest absolute Gasteiger partial charge is 0.297 e. The number of carbonyl (C=O) groups excluding carboxylic acids is 1. The lowest BCUT2D eigenvalue weighted by Gasteiger charge is -1.95. The van der Waals surface area contributed by atoms with Gasteiger partial charge < -0.3 is 5.73 Å². The Balaban J connectivity index is 1.98. The van der Waals surface area contributed by atoms with E-state index in [1.165, 1.54) is 6.21 Å². The zero-order valence-corrected chi connectivity index (χ0v) is 11.2. The minimum absolute atomic E-state index is 0.0723. The number of hydrogen-bond donors (Lipinski definition) is 2. The molecule has 8 heteroatoms. The van der Waals surface area contributed by atoms with Gasteiger partial charge in [-0.05, 0) is 50.6 Å². The average Bonchev–Trinajstić information content (AvgIpc) is 2.78. The fraction of sp³-hybridized carbons (Fsp3) is 0. The molecule has 92 valence electrons. The van der Waals surface area contributed by atoms with Gasteiger partial charge in [-0.1, -0.05) is 12.1 Å². The highest BCUT2D eigenvalue weighted by Gasteiger charge is 2.14. The molecule has 0 bridgehead atoms. The van der Waals surface area contributed by atoms with E-state index in [0.29, 0.717) is 0 Å². The molecule has 1 aromatic carbocycles. The van der Waals surface area contributed by atoms with E-state index in [1.54, 1.807) is 0 Å². The fourth-order valence-electron chi connectivity index (χ4n) is 1.12. The predicted octanol–water partition coefficient (Wildman–Crippen LogP) is 1.02. The summed E-state index contributed by atoms with van der Waals surface area (Å²) in [5.41, 5.74) is 8.41. The van der Waals surface area contributed by atoms with Gasteiger partial charge in [-0.25, -0.2) is 10.1 Å². The van der Waals surface area contributed by atoms with Crippen molar-refractivity contribution in [2.45, 2.75) is 0 Å². The van der Waals surface area contributed by atoms with Crippen molar-refractivity contribution in [3.05, 3.63) is 39.1 Å². The van der Waals surface area contributed by atoms with Gasteiger partial charge in [0.15, 0.2) is 0 Å². The lowest BCUT2D eigenvalue weighted by molar-refractivity contribution is 0.0946. The van der Waals surface area contributed by atoms with E-state index in [0.717, 1.165) is 9.13 Å². The molecule has 0 atom stereocenters. The first-order valence-corrected chi connectivity index (χ1v) is 5.91. The van der Waals surface area contributed by atoms with E-state index >= 15 is 0 Å². The van der Waals surface area contributed by atoms with Crippen LogP contribution < -0.4 is 11.2 Å².